The molecule has 0 unspecified atom stereocenters. The summed E-state index contributed by atoms with van der Waals surface area (Å²) in [4.78, 5) is 12.8. The van der Waals surface area contributed by atoms with Crippen molar-refractivity contribution in [3.05, 3.63) is 34.4 Å². The monoisotopic (exact) mass is 452 g/mol. The van der Waals surface area contributed by atoms with Gasteiger partial charge in [0, 0.05) is 0 Å². The summed E-state index contributed by atoms with van der Waals surface area (Å²) in [5, 5.41) is 10.5. The Hall–Kier alpha value is -1.31. The Morgan fingerprint density at radius 1 is 0.515 bits per heavy atom. The van der Waals surface area contributed by atoms with E-state index >= 15 is 0 Å². The van der Waals surface area contributed by atoms with Crippen molar-refractivity contribution in [1.82, 2.24) is 0 Å². The van der Waals surface area contributed by atoms with Crippen LogP contribution in [0.2, 0.25) is 0 Å². The summed E-state index contributed by atoms with van der Waals surface area (Å²) in [5.41, 5.74) is 4.67. The van der Waals surface area contributed by atoms with Crippen LogP contribution in [0, 0.1) is 0 Å². The molecule has 0 saturated heterocycles. The largest absolute Gasteiger partial charge is 0.478 e. The van der Waals surface area contributed by atoms with Crippen LogP contribution in [0.25, 0.3) is 0 Å². The highest BCUT2D eigenvalue weighted by Gasteiger charge is 2.29. The van der Waals surface area contributed by atoms with Crippen LogP contribution in [-0.2, 0) is 0 Å². The van der Waals surface area contributed by atoms with Crippen molar-refractivity contribution < 1.29 is 9.90 Å². The van der Waals surface area contributed by atoms with Gasteiger partial charge in [0.1, 0.15) is 0 Å². The van der Waals surface area contributed by atoms with Crippen LogP contribution in [0.5, 0.6) is 0 Å². The zero-order valence-corrected chi connectivity index (χ0v) is 21.1. The summed E-state index contributed by atoms with van der Waals surface area (Å²) in [5.74, 6) is 0.857. The number of carboxylic acids is 1. The van der Waals surface area contributed by atoms with Gasteiger partial charge >= 0.3 is 5.97 Å². The number of carbonyl (C=O) groups is 1. The molecule has 3 fully saturated rings. The van der Waals surface area contributed by atoms with Crippen molar-refractivity contribution in [2.75, 3.05) is 0 Å². The highest BCUT2D eigenvalue weighted by molar-refractivity contribution is 5.92. The highest BCUT2D eigenvalue weighted by Crippen LogP contribution is 2.42. The second-order valence-corrected chi connectivity index (χ2v) is 11.5. The molecule has 3 aliphatic rings. The lowest BCUT2D eigenvalue weighted by Gasteiger charge is -2.30. The summed E-state index contributed by atoms with van der Waals surface area (Å²) in [6, 6.07) is 4.82. The first-order valence-electron chi connectivity index (χ1n) is 14.6. The summed E-state index contributed by atoms with van der Waals surface area (Å²) in [6.45, 7) is 0. The molecule has 2 nitrogen and oxygen atoms in total. The Morgan fingerprint density at radius 2 is 0.818 bits per heavy atom. The van der Waals surface area contributed by atoms with E-state index in [-0.39, 0.29) is 0 Å². The lowest BCUT2D eigenvalue weighted by atomic mass is 9.75. The molecule has 0 heterocycles. The van der Waals surface area contributed by atoms with Crippen molar-refractivity contribution in [3.63, 3.8) is 0 Å². The minimum absolute atomic E-state index is 0.442. The fourth-order valence-corrected chi connectivity index (χ4v) is 7.16. The average molecular weight is 453 g/mol. The first-order chi connectivity index (χ1) is 16.2. The van der Waals surface area contributed by atoms with Gasteiger partial charge < -0.3 is 5.11 Å². The zero-order valence-electron chi connectivity index (χ0n) is 21.1. The van der Waals surface area contributed by atoms with E-state index in [2.05, 4.69) is 12.1 Å². The van der Waals surface area contributed by atoms with Crippen molar-refractivity contribution in [1.29, 1.82) is 0 Å². The smallest absolute Gasteiger partial charge is 0.336 e. The molecule has 1 N–H and O–H groups in total. The van der Waals surface area contributed by atoms with E-state index in [1.54, 1.807) is 0 Å². The number of hydrogen-bond donors (Lipinski definition) is 1. The molecule has 184 valence electrons. The molecule has 0 spiro atoms. The predicted octanol–water partition coefficient (Wildman–Crippen LogP) is 9.87. The lowest BCUT2D eigenvalue weighted by molar-refractivity contribution is 0.0692. The third-order valence-corrected chi connectivity index (χ3v) is 9.10. The van der Waals surface area contributed by atoms with Gasteiger partial charge in [-0.25, -0.2) is 4.79 Å². The van der Waals surface area contributed by atoms with E-state index in [0.717, 1.165) is 5.56 Å². The molecular formula is C31H48O2. The van der Waals surface area contributed by atoms with Crippen LogP contribution < -0.4 is 0 Å². The summed E-state index contributed by atoms with van der Waals surface area (Å²) < 4.78 is 0. The molecule has 4 rings (SSSR count). The van der Waals surface area contributed by atoms with Gasteiger partial charge in [-0.15, -0.1) is 0 Å². The van der Waals surface area contributed by atoms with Crippen LogP contribution in [0.4, 0.5) is 0 Å². The molecule has 0 amide bonds. The van der Waals surface area contributed by atoms with Crippen molar-refractivity contribution in [3.8, 4) is 0 Å². The third kappa shape index (κ3) is 6.86. The molecule has 0 radical (unpaired) electrons. The van der Waals surface area contributed by atoms with Gasteiger partial charge in [0.2, 0.25) is 0 Å². The molecule has 3 saturated carbocycles. The van der Waals surface area contributed by atoms with Crippen LogP contribution in [0.1, 0.15) is 180 Å². The number of rotatable bonds is 4. The van der Waals surface area contributed by atoms with E-state index < -0.39 is 5.97 Å². The number of hydrogen-bond acceptors (Lipinski definition) is 1. The normalized spacial score (nSPS) is 23.5. The second kappa shape index (κ2) is 13.0. The van der Waals surface area contributed by atoms with Crippen molar-refractivity contribution >= 4 is 5.97 Å². The van der Waals surface area contributed by atoms with Crippen molar-refractivity contribution in [2.24, 2.45) is 0 Å². The molecule has 2 heteroatoms. The van der Waals surface area contributed by atoms with Gasteiger partial charge in [-0.2, -0.15) is 0 Å². The van der Waals surface area contributed by atoms with Gasteiger partial charge in [-0.3, -0.25) is 0 Å². The minimum Gasteiger partial charge on any atom is -0.478 e. The zero-order chi connectivity index (χ0) is 22.9. The molecule has 0 aromatic heterocycles. The Labute approximate surface area is 202 Å². The Balaban J connectivity index is 1.76. The third-order valence-electron chi connectivity index (χ3n) is 9.10. The molecule has 33 heavy (non-hydrogen) atoms. The van der Waals surface area contributed by atoms with Gasteiger partial charge in [-0.1, -0.05) is 108 Å². The lowest BCUT2D eigenvalue weighted by Crippen LogP contribution is -2.17. The maximum Gasteiger partial charge on any atom is 0.336 e. The standard InChI is InChI=1S/C31H48O2/c32-31(33)30-28(25-18-12-6-2-7-13-19-25)22-27(24-16-10-4-1-5-11-17-24)23-29(30)26-20-14-8-3-9-15-21-26/h22-26H,1-21H2,(H,32,33). The molecule has 1 aromatic carbocycles. The van der Waals surface area contributed by atoms with Gasteiger partial charge in [-0.05, 0) is 73.0 Å². The topological polar surface area (TPSA) is 37.3 Å². The molecular weight excluding hydrogens is 404 g/mol. The van der Waals surface area contributed by atoms with E-state index in [0.29, 0.717) is 17.8 Å². The Bertz CT molecular complexity index is 684. The second-order valence-electron chi connectivity index (χ2n) is 11.5. The van der Waals surface area contributed by atoms with E-state index in [1.165, 1.54) is 152 Å². The molecule has 0 aliphatic heterocycles. The maximum atomic E-state index is 12.8. The molecule has 3 aliphatic carbocycles. The first-order valence-corrected chi connectivity index (χ1v) is 14.6. The van der Waals surface area contributed by atoms with E-state index in [9.17, 15) is 9.90 Å². The van der Waals surface area contributed by atoms with E-state index in [4.69, 9.17) is 0 Å². The number of carboxylic acid groups (broad SMARTS) is 1. The van der Waals surface area contributed by atoms with Crippen molar-refractivity contribution in [2.45, 2.75) is 153 Å². The average Bonchev–Trinajstić information content (AvgIpc) is 2.72. The van der Waals surface area contributed by atoms with E-state index in [1.807, 2.05) is 0 Å². The molecule has 1 aromatic rings. The number of aromatic carboxylic acids is 1. The Morgan fingerprint density at radius 3 is 1.15 bits per heavy atom. The molecule has 0 atom stereocenters. The summed E-state index contributed by atoms with van der Waals surface area (Å²) in [6.07, 6.45) is 27.1. The Kier molecular flexibility index (Phi) is 9.74. The molecule has 0 bridgehead atoms. The fraction of sp³-hybridized carbons (Fsp3) is 0.774. The maximum absolute atomic E-state index is 12.8. The fourth-order valence-electron chi connectivity index (χ4n) is 7.16. The van der Waals surface area contributed by atoms with Crippen LogP contribution in [0.3, 0.4) is 0 Å². The van der Waals surface area contributed by atoms with Crippen LogP contribution in [0.15, 0.2) is 12.1 Å². The predicted molar refractivity (Wildman–Crippen MR) is 139 cm³/mol. The SMILES string of the molecule is O=C(O)c1c(C2CCCCCCC2)cc(C2CCCCCCC2)cc1C1CCCCCCC1. The summed E-state index contributed by atoms with van der Waals surface area (Å²) in [7, 11) is 0. The highest BCUT2D eigenvalue weighted by atomic mass is 16.4. The quantitative estimate of drug-likeness (QED) is 0.493. The minimum atomic E-state index is -0.659. The van der Waals surface area contributed by atoms with Gasteiger partial charge in [0.05, 0.1) is 5.56 Å². The van der Waals surface area contributed by atoms with Crippen LogP contribution in [-0.4, -0.2) is 11.1 Å². The first kappa shape index (κ1) is 24.8. The van der Waals surface area contributed by atoms with Gasteiger partial charge in [0.15, 0.2) is 0 Å². The summed E-state index contributed by atoms with van der Waals surface area (Å²) >= 11 is 0. The van der Waals surface area contributed by atoms with Crippen LogP contribution >= 0.6 is 0 Å². The van der Waals surface area contributed by atoms with Gasteiger partial charge in [0.25, 0.3) is 0 Å². The number of benzene rings is 1.